The Kier molecular flexibility index (Phi) is 12.1. The predicted molar refractivity (Wildman–Crippen MR) is 101 cm³/mol. The van der Waals surface area contributed by atoms with E-state index in [-0.39, 0.29) is 30.1 Å². The van der Waals surface area contributed by atoms with Crippen molar-refractivity contribution in [3.8, 4) is 0 Å². The van der Waals surface area contributed by atoms with Crippen molar-refractivity contribution in [3.63, 3.8) is 0 Å². The van der Waals surface area contributed by atoms with E-state index in [0.29, 0.717) is 37.3 Å². The summed E-state index contributed by atoms with van der Waals surface area (Å²) in [5.41, 5.74) is 6.29. The number of carbonyl (C=O) groups excluding carboxylic acids is 3. The fourth-order valence-corrected chi connectivity index (χ4v) is 2.14. The van der Waals surface area contributed by atoms with E-state index in [1.807, 2.05) is 0 Å². The molecule has 0 spiro atoms. The van der Waals surface area contributed by atoms with E-state index in [0.717, 1.165) is 19.3 Å². The molecule has 25 heavy (non-hydrogen) atoms. The zero-order valence-electron chi connectivity index (χ0n) is 14.5. The summed E-state index contributed by atoms with van der Waals surface area (Å²) >= 11 is 0. The third kappa shape index (κ3) is 9.69. The average molecular weight is 371 g/mol. The molecule has 0 unspecified atom stereocenters. The molecule has 3 amide bonds. The third-order valence-corrected chi connectivity index (χ3v) is 3.33. The lowest BCUT2D eigenvalue weighted by Crippen LogP contribution is -2.29. The number of para-hydroxylation sites is 1. The van der Waals surface area contributed by atoms with Crippen LogP contribution in [0, 0.1) is 0 Å². The van der Waals surface area contributed by atoms with Crippen LogP contribution >= 0.6 is 12.4 Å². The van der Waals surface area contributed by atoms with Gasteiger partial charge >= 0.3 is 0 Å². The zero-order chi connectivity index (χ0) is 17.8. The minimum Gasteiger partial charge on any atom is -0.356 e. The number of hydrogen-bond acceptors (Lipinski definition) is 4. The summed E-state index contributed by atoms with van der Waals surface area (Å²) in [6.07, 6.45) is 2.79. The third-order valence-electron chi connectivity index (χ3n) is 3.33. The molecule has 0 radical (unpaired) electrons. The van der Waals surface area contributed by atoms with Crippen LogP contribution < -0.4 is 21.7 Å². The van der Waals surface area contributed by atoms with E-state index in [9.17, 15) is 14.4 Å². The number of hydrogen-bond donors (Lipinski definition) is 4. The number of unbranched alkanes of at least 4 members (excludes halogenated alkanes) is 2. The highest BCUT2D eigenvalue weighted by Gasteiger charge is 2.12. The van der Waals surface area contributed by atoms with Crippen molar-refractivity contribution in [1.82, 2.24) is 10.6 Å². The Morgan fingerprint density at radius 1 is 1.00 bits per heavy atom. The van der Waals surface area contributed by atoms with E-state index in [2.05, 4.69) is 16.0 Å². The molecule has 1 rings (SSSR count). The number of nitrogens with two attached hydrogens (primary N) is 1. The van der Waals surface area contributed by atoms with Crippen LogP contribution in [0.3, 0.4) is 0 Å². The second-order valence-corrected chi connectivity index (χ2v) is 5.43. The second-order valence-electron chi connectivity index (χ2n) is 5.43. The van der Waals surface area contributed by atoms with E-state index < -0.39 is 0 Å². The molecule has 0 bridgehead atoms. The van der Waals surface area contributed by atoms with Crippen molar-refractivity contribution in [2.45, 2.75) is 32.6 Å². The Bertz CT molecular complexity index is 567. The summed E-state index contributed by atoms with van der Waals surface area (Å²) in [5.74, 6) is -0.433. The normalized spacial score (nSPS) is 9.68. The van der Waals surface area contributed by atoms with Crippen molar-refractivity contribution in [3.05, 3.63) is 29.8 Å². The number of nitrogens with one attached hydrogen (secondary N) is 3. The molecule has 0 atom stereocenters. The van der Waals surface area contributed by atoms with Crippen molar-refractivity contribution in [2.24, 2.45) is 5.73 Å². The van der Waals surface area contributed by atoms with Gasteiger partial charge in [0, 0.05) is 33.0 Å². The Morgan fingerprint density at radius 3 is 2.40 bits per heavy atom. The maximum Gasteiger partial charge on any atom is 0.253 e. The lowest BCUT2D eigenvalue weighted by molar-refractivity contribution is -0.119. The number of amides is 3. The van der Waals surface area contributed by atoms with Gasteiger partial charge in [-0.25, -0.2) is 0 Å². The number of anilines is 1. The van der Waals surface area contributed by atoms with Crippen molar-refractivity contribution < 1.29 is 14.4 Å². The smallest absolute Gasteiger partial charge is 0.253 e. The summed E-state index contributed by atoms with van der Waals surface area (Å²) in [4.78, 5) is 34.8. The first kappa shape index (κ1) is 22.9. The first-order valence-corrected chi connectivity index (χ1v) is 8.16. The van der Waals surface area contributed by atoms with Crippen LogP contribution in [0.5, 0.6) is 0 Å². The van der Waals surface area contributed by atoms with Crippen molar-refractivity contribution in [2.75, 3.05) is 25.0 Å². The molecule has 1 aromatic rings. The van der Waals surface area contributed by atoms with Gasteiger partial charge in [0.1, 0.15) is 0 Å². The van der Waals surface area contributed by atoms with Gasteiger partial charge in [-0.15, -0.1) is 12.4 Å². The Hall–Kier alpha value is -2.12. The molecule has 0 aromatic heterocycles. The largest absolute Gasteiger partial charge is 0.356 e. The summed E-state index contributed by atoms with van der Waals surface area (Å²) in [5, 5.41) is 8.18. The van der Waals surface area contributed by atoms with E-state index in [4.69, 9.17) is 5.73 Å². The standard InChI is InChI=1S/C17H26N4O3.ClH/c1-13(22)19-11-6-2-3-9-16(23)21-15-8-5-4-7-14(15)17(24)20-12-10-18;/h4-5,7-8H,2-3,6,9-12,18H2,1H3,(H,19,22)(H,20,24)(H,21,23);1H. The van der Waals surface area contributed by atoms with Crippen LogP contribution in [-0.2, 0) is 9.59 Å². The van der Waals surface area contributed by atoms with Crippen molar-refractivity contribution in [1.29, 1.82) is 0 Å². The first-order valence-electron chi connectivity index (χ1n) is 8.16. The fraction of sp³-hybridized carbons (Fsp3) is 0.471. The van der Waals surface area contributed by atoms with Gasteiger partial charge in [-0.2, -0.15) is 0 Å². The first-order chi connectivity index (χ1) is 11.5. The molecule has 5 N–H and O–H groups in total. The summed E-state index contributed by atoms with van der Waals surface area (Å²) in [7, 11) is 0. The minimum atomic E-state index is -0.258. The zero-order valence-corrected chi connectivity index (χ0v) is 15.3. The quantitative estimate of drug-likeness (QED) is 0.466. The second kappa shape index (κ2) is 13.2. The van der Waals surface area contributed by atoms with Crippen LogP contribution in [0.2, 0.25) is 0 Å². The molecule has 0 aliphatic carbocycles. The lowest BCUT2D eigenvalue weighted by atomic mass is 10.1. The van der Waals surface area contributed by atoms with Gasteiger partial charge in [-0.3, -0.25) is 14.4 Å². The SMILES string of the molecule is CC(=O)NCCCCCC(=O)Nc1ccccc1C(=O)NCCN.Cl. The van der Waals surface area contributed by atoms with E-state index >= 15 is 0 Å². The lowest BCUT2D eigenvalue weighted by Gasteiger charge is -2.11. The van der Waals surface area contributed by atoms with Gasteiger partial charge in [0.25, 0.3) is 5.91 Å². The van der Waals surface area contributed by atoms with Gasteiger partial charge in [0.05, 0.1) is 11.3 Å². The number of halogens is 1. The monoisotopic (exact) mass is 370 g/mol. The molecule has 0 saturated heterocycles. The van der Waals surface area contributed by atoms with E-state index in [1.165, 1.54) is 6.92 Å². The molecule has 140 valence electrons. The minimum absolute atomic E-state index is 0. The predicted octanol–water partition coefficient (Wildman–Crippen LogP) is 1.43. The molecule has 1 aromatic carbocycles. The summed E-state index contributed by atoms with van der Waals surface area (Å²) < 4.78 is 0. The van der Waals surface area contributed by atoms with E-state index in [1.54, 1.807) is 24.3 Å². The average Bonchev–Trinajstić information content (AvgIpc) is 2.56. The molecule has 0 fully saturated rings. The molecule has 7 nitrogen and oxygen atoms in total. The molecule has 0 aliphatic heterocycles. The molecule has 0 heterocycles. The molecular weight excluding hydrogens is 344 g/mol. The highest BCUT2D eigenvalue weighted by Crippen LogP contribution is 2.15. The molecular formula is C17H27ClN4O3. The van der Waals surface area contributed by atoms with Gasteiger partial charge in [0.2, 0.25) is 11.8 Å². The van der Waals surface area contributed by atoms with Crippen LogP contribution in [0.15, 0.2) is 24.3 Å². The maximum absolute atomic E-state index is 12.0. The molecule has 0 aliphatic rings. The Balaban J connectivity index is 0.00000576. The maximum atomic E-state index is 12.0. The topological polar surface area (TPSA) is 113 Å². The molecule has 8 heteroatoms. The molecule has 0 saturated carbocycles. The summed E-state index contributed by atoms with van der Waals surface area (Å²) in [6.45, 7) is 2.85. The highest BCUT2D eigenvalue weighted by atomic mass is 35.5. The van der Waals surface area contributed by atoms with Gasteiger partial charge in [-0.1, -0.05) is 18.6 Å². The van der Waals surface area contributed by atoms with Crippen LogP contribution in [0.4, 0.5) is 5.69 Å². The Labute approximate surface area is 154 Å². The van der Waals surface area contributed by atoms with Crippen LogP contribution in [0.25, 0.3) is 0 Å². The Morgan fingerprint density at radius 2 is 1.72 bits per heavy atom. The fourth-order valence-electron chi connectivity index (χ4n) is 2.14. The number of benzene rings is 1. The van der Waals surface area contributed by atoms with Gasteiger partial charge in [0.15, 0.2) is 0 Å². The number of rotatable bonds is 10. The van der Waals surface area contributed by atoms with Gasteiger partial charge in [-0.05, 0) is 25.0 Å². The highest BCUT2D eigenvalue weighted by molar-refractivity contribution is 6.03. The number of carbonyl (C=O) groups is 3. The summed E-state index contributed by atoms with van der Waals surface area (Å²) in [6, 6.07) is 6.87. The van der Waals surface area contributed by atoms with Gasteiger partial charge < -0.3 is 21.7 Å². The van der Waals surface area contributed by atoms with Crippen LogP contribution in [0.1, 0.15) is 43.0 Å². The van der Waals surface area contributed by atoms with Crippen molar-refractivity contribution >= 4 is 35.8 Å². The van der Waals surface area contributed by atoms with Crippen LogP contribution in [-0.4, -0.2) is 37.4 Å².